The van der Waals surface area contributed by atoms with Gasteiger partial charge in [0.1, 0.15) is 0 Å². The number of hydrogen-bond donors (Lipinski definition) is 1. The number of benzene rings is 2. The largest absolute Gasteiger partial charge is 0.373 e. The van der Waals surface area contributed by atoms with Gasteiger partial charge in [-0.2, -0.15) is 4.31 Å². The molecule has 2 atom stereocenters. The number of nitrogens with one attached hydrogen (secondary N) is 1. The van der Waals surface area contributed by atoms with Crippen LogP contribution in [0, 0.1) is 0 Å². The van der Waals surface area contributed by atoms with Gasteiger partial charge in [0.05, 0.1) is 17.1 Å². The molecule has 1 N–H and O–H groups in total. The molecular weight excluding hydrogens is 414 g/mol. The molecule has 2 aromatic rings. The molecular formula is C23H29N3O4S. The summed E-state index contributed by atoms with van der Waals surface area (Å²) in [7, 11) is -3.63. The van der Waals surface area contributed by atoms with Crippen molar-refractivity contribution >= 4 is 27.3 Å². The highest BCUT2D eigenvalue weighted by molar-refractivity contribution is 7.89. The van der Waals surface area contributed by atoms with Gasteiger partial charge in [-0.15, -0.1) is 0 Å². The van der Waals surface area contributed by atoms with Gasteiger partial charge in [-0.1, -0.05) is 0 Å². The Morgan fingerprint density at radius 1 is 0.935 bits per heavy atom. The van der Waals surface area contributed by atoms with E-state index in [1.165, 1.54) is 29.3 Å². The molecule has 2 aliphatic rings. The summed E-state index contributed by atoms with van der Waals surface area (Å²) in [5.41, 5.74) is 2.28. The number of sulfonamides is 1. The number of amides is 1. The van der Waals surface area contributed by atoms with Crippen molar-refractivity contribution in [3.63, 3.8) is 0 Å². The third-order valence-electron chi connectivity index (χ3n) is 5.74. The zero-order valence-corrected chi connectivity index (χ0v) is 18.8. The van der Waals surface area contributed by atoms with Gasteiger partial charge < -0.3 is 15.0 Å². The lowest BCUT2D eigenvalue weighted by Crippen LogP contribution is -2.48. The molecule has 1 amide bonds. The molecule has 0 saturated carbocycles. The zero-order valence-electron chi connectivity index (χ0n) is 18.0. The Balaban J connectivity index is 1.42. The van der Waals surface area contributed by atoms with Crippen molar-refractivity contribution in [2.24, 2.45) is 0 Å². The zero-order chi connectivity index (χ0) is 22.0. The average Bonchev–Trinajstić information content (AvgIpc) is 3.28. The SMILES string of the molecule is C[C@@H]1CN(S(=O)(=O)c2ccc(C(=O)Nc3ccc(N4CCCC4)cc3)cc2)C[C@@H](C)O1. The van der Waals surface area contributed by atoms with Crippen LogP contribution < -0.4 is 10.2 Å². The number of anilines is 2. The Hall–Kier alpha value is -2.42. The second kappa shape index (κ2) is 8.98. The molecule has 0 bridgehead atoms. The lowest BCUT2D eigenvalue weighted by molar-refractivity contribution is -0.0440. The number of carbonyl (C=O) groups excluding carboxylic acids is 1. The van der Waals surface area contributed by atoms with Crippen LogP contribution in [0.25, 0.3) is 0 Å². The molecule has 8 heteroatoms. The number of rotatable bonds is 5. The fourth-order valence-electron chi connectivity index (χ4n) is 4.19. The summed E-state index contributed by atoms with van der Waals surface area (Å²) in [5.74, 6) is -0.272. The molecule has 2 aliphatic heterocycles. The summed E-state index contributed by atoms with van der Waals surface area (Å²) >= 11 is 0. The number of hydrogen-bond acceptors (Lipinski definition) is 5. The van der Waals surface area contributed by atoms with Gasteiger partial charge in [-0.05, 0) is 75.2 Å². The Morgan fingerprint density at radius 3 is 2.10 bits per heavy atom. The second-order valence-corrected chi connectivity index (χ2v) is 10.2. The summed E-state index contributed by atoms with van der Waals surface area (Å²) in [4.78, 5) is 15.1. The maximum atomic E-state index is 13.0. The standard InChI is InChI=1S/C23H29N3O4S/c1-17-15-26(16-18(2)30-17)31(28,29)22-11-5-19(6-12-22)23(27)24-20-7-9-21(10-8-20)25-13-3-4-14-25/h5-12,17-18H,3-4,13-16H2,1-2H3,(H,24,27)/t17-,18-/m1/s1. The quantitative estimate of drug-likeness (QED) is 0.767. The van der Waals surface area contributed by atoms with E-state index in [4.69, 9.17) is 4.74 Å². The highest BCUT2D eigenvalue weighted by Crippen LogP contribution is 2.24. The number of ether oxygens (including phenoxy) is 1. The number of nitrogens with zero attached hydrogens (tertiary/aromatic N) is 2. The van der Waals surface area contributed by atoms with Crippen LogP contribution in [0.5, 0.6) is 0 Å². The predicted molar refractivity (Wildman–Crippen MR) is 121 cm³/mol. The topological polar surface area (TPSA) is 79.0 Å². The van der Waals surface area contributed by atoms with E-state index in [1.54, 1.807) is 12.1 Å². The minimum Gasteiger partial charge on any atom is -0.373 e. The van der Waals surface area contributed by atoms with Crippen molar-refractivity contribution in [2.45, 2.75) is 43.8 Å². The van der Waals surface area contributed by atoms with Gasteiger partial charge in [0, 0.05) is 43.1 Å². The molecule has 7 nitrogen and oxygen atoms in total. The van der Waals surface area contributed by atoms with E-state index in [9.17, 15) is 13.2 Å². The number of carbonyl (C=O) groups is 1. The molecule has 2 heterocycles. The molecule has 31 heavy (non-hydrogen) atoms. The Bertz CT molecular complexity index is 1010. The lowest BCUT2D eigenvalue weighted by atomic mass is 10.2. The van der Waals surface area contributed by atoms with Crippen molar-refractivity contribution in [1.29, 1.82) is 0 Å². The maximum Gasteiger partial charge on any atom is 0.255 e. The third-order valence-corrected chi connectivity index (χ3v) is 7.58. The summed E-state index contributed by atoms with van der Waals surface area (Å²) in [6.45, 7) is 6.52. The van der Waals surface area contributed by atoms with Gasteiger partial charge in [-0.25, -0.2) is 8.42 Å². The van der Waals surface area contributed by atoms with E-state index >= 15 is 0 Å². The van der Waals surface area contributed by atoms with Crippen LogP contribution in [-0.2, 0) is 14.8 Å². The van der Waals surface area contributed by atoms with Crippen LogP contribution >= 0.6 is 0 Å². The molecule has 166 valence electrons. The predicted octanol–water partition coefficient (Wildman–Crippen LogP) is 3.34. The highest BCUT2D eigenvalue weighted by atomic mass is 32.2. The summed E-state index contributed by atoms with van der Waals surface area (Å²) in [6.07, 6.45) is 2.13. The van der Waals surface area contributed by atoms with Gasteiger partial charge in [0.15, 0.2) is 0 Å². The average molecular weight is 444 g/mol. The van der Waals surface area contributed by atoms with Gasteiger partial charge in [0.2, 0.25) is 10.0 Å². The van der Waals surface area contributed by atoms with Crippen LogP contribution in [0.4, 0.5) is 11.4 Å². The Kier molecular flexibility index (Phi) is 6.31. The molecule has 4 rings (SSSR count). The molecule has 2 saturated heterocycles. The fraction of sp³-hybridized carbons (Fsp3) is 0.435. The second-order valence-electron chi connectivity index (χ2n) is 8.30. The van der Waals surface area contributed by atoms with Crippen molar-refractivity contribution in [3.8, 4) is 0 Å². The first-order chi connectivity index (χ1) is 14.8. The number of morpholine rings is 1. The normalized spacial score (nSPS) is 22.5. The first-order valence-corrected chi connectivity index (χ1v) is 12.2. The van der Waals surface area contributed by atoms with E-state index in [2.05, 4.69) is 10.2 Å². The molecule has 0 aromatic heterocycles. The smallest absolute Gasteiger partial charge is 0.255 e. The minimum atomic E-state index is -3.63. The fourth-order valence-corrected chi connectivity index (χ4v) is 5.78. The van der Waals surface area contributed by atoms with Crippen LogP contribution in [-0.4, -0.2) is 57.0 Å². The van der Waals surface area contributed by atoms with E-state index in [0.717, 1.165) is 18.8 Å². The van der Waals surface area contributed by atoms with Crippen molar-refractivity contribution in [1.82, 2.24) is 4.31 Å². The van der Waals surface area contributed by atoms with Crippen molar-refractivity contribution < 1.29 is 17.9 Å². The highest BCUT2D eigenvalue weighted by Gasteiger charge is 2.32. The Labute approximate surface area is 184 Å². The molecule has 0 radical (unpaired) electrons. The van der Waals surface area contributed by atoms with Crippen molar-refractivity contribution in [3.05, 3.63) is 54.1 Å². The van der Waals surface area contributed by atoms with Crippen LogP contribution in [0.2, 0.25) is 0 Å². The van der Waals surface area contributed by atoms with Crippen LogP contribution in [0.1, 0.15) is 37.0 Å². The Morgan fingerprint density at radius 2 is 1.52 bits per heavy atom. The summed E-state index contributed by atoms with van der Waals surface area (Å²) in [6, 6.07) is 13.9. The van der Waals surface area contributed by atoms with Gasteiger partial charge in [-0.3, -0.25) is 4.79 Å². The van der Waals surface area contributed by atoms with E-state index in [0.29, 0.717) is 24.3 Å². The lowest BCUT2D eigenvalue weighted by Gasteiger charge is -2.34. The van der Waals surface area contributed by atoms with E-state index in [-0.39, 0.29) is 23.0 Å². The summed E-state index contributed by atoms with van der Waals surface area (Å²) < 4.78 is 33.0. The molecule has 2 fully saturated rings. The van der Waals surface area contributed by atoms with Crippen molar-refractivity contribution in [2.75, 3.05) is 36.4 Å². The first-order valence-electron chi connectivity index (χ1n) is 10.7. The minimum absolute atomic E-state index is 0.152. The van der Waals surface area contributed by atoms with E-state index in [1.807, 2.05) is 38.1 Å². The summed E-state index contributed by atoms with van der Waals surface area (Å²) in [5, 5.41) is 2.88. The van der Waals surface area contributed by atoms with Gasteiger partial charge >= 0.3 is 0 Å². The maximum absolute atomic E-state index is 13.0. The molecule has 0 unspecified atom stereocenters. The third kappa shape index (κ3) is 4.92. The van der Waals surface area contributed by atoms with Crippen LogP contribution in [0.3, 0.4) is 0 Å². The van der Waals surface area contributed by atoms with Gasteiger partial charge in [0.25, 0.3) is 5.91 Å². The first kappa shape index (κ1) is 21.8. The molecule has 0 spiro atoms. The molecule has 0 aliphatic carbocycles. The molecule has 2 aromatic carbocycles. The van der Waals surface area contributed by atoms with E-state index < -0.39 is 10.0 Å². The monoisotopic (exact) mass is 443 g/mol. The van der Waals surface area contributed by atoms with Crippen LogP contribution in [0.15, 0.2) is 53.4 Å².